The summed E-state index contributed by atoms with van der Waals surface area (Å²) < 4.78 is 13.0. The molecule has 2 aromatic carbocycles. The molecule has 2 saturated heterocycles. The molecule has 2 heterocycles. The lowest BCUT2D eigenvalue weighted by Gasteiger charge is -2.31. The van der Waals surface area contributed by atoms with Gasteiger partial charge in [-0.1, -0.05) is 36.4 Å². The van der Waals surface area contributed by atoms with Crippen molar-refractivity contribution in [1.82, 2.24) is 15.1 Å². The standard InChI is InChI=1S/C25H32FN3O/c26-24-9-7-22(8-10-24)19-29-15-11-23(12-16-29)25(30)27-17-20-3-5-21(6-4-20)18-28-13-1-2-14-28/h3-10,23H,1-2,11-19H2,(H,27,30). The first-order valence-electron chi connectivity index (χ1n) is 11.2. The van der Waals surface area contributed by atoms with E-state index in [1.807, 2.05) is 12.1 Å². The minimum Gasteiger partial charge on any atom is -0.352 e. The zero-order valence-electron chi connectivity index (χ0n) is 17.7. The summed E-state index contributed by atoms with van der Waals surface area (Å²) in [6, 6.07) is 15.3. The molecule has 2 fully saturated rings. The molecular formula is C25H32FN3O. The van der Waals surface area contributed by atoms with Gasteiger partial charge in [-0.3, -0.25) is 14.6 Å². The number of carbonyl (C=O) groups is 1. The Morgan fingerprint density at radius 2 is 1.30 bits per heavy atom. The van der Waals surface area contributed by atoms with Crippen LogP contribution < -0.4 is 5.32 Å². The summed E-state index contributed by atoms with van der Waals surface area (Å²) in [5.74, 6) is 0.0526. The van der Waals surface area contributed by atoms with Crippen molar-refractivity contribution in [2.24, 2.45) is 5.92 Å². The van der Waals surface area contributed by atoms with Crippen LogP contribution >= 0.6 is 0 Å². The van der Waals surface area contributed by atoms with E-state index < -0.39 is 0 Å². The van der Waals surface area contributed by atoms with Crippen LogP contribution in [0.2, 0.25) is 0 Å². The van der Waals surface area contributed by atoms with Gasteiger partial charge in [0.15, 0.2) is 0 Å². The number of likely N-dealkylation sites (tertiary alicyclic amines) is 2. The highest BCUT2D eigenvalue weighted by Crippen LogP contribution is 2.20. The van der Waals surface area contributed by atoms with E-state index in [-0.39, 0.29) is 17.6 Å². The molecular weight excluding hydrogens is 377 g/mol. The van der Waals surface area contributed by atoms with Crippen LogP contribution in [0.15, 0.2) is 48.5 Å². The summed E-state index contributed by atoms with van der Waals surface area (Å²) in [6.45, 7) is 6.67. The van der Waals surface area contributed by atoms with Gasteiger partial charge in [0.05, 0.1) is 0 Å². The van der Waals surface area contributed by atoms with Crippen molar-refractivity contribution < 1.29 is 9.18 Å². The summed E-state index contributed by atoms with van der Waals surface area (Å²) in [6.07, 6.45) is 4.38. The number of benzene rings is 2. The van der Waals surface area contributed by atoms with Crippen molar-refractivity contribution in [2.45, 2.75) is 45.3 Å². The molecule has 0 spiro atoms. The Kier molecular flexibility index (Phi) is 7.13. The van der Waals surface area contributed by atoms with E-state index in [9.17, 15) is 9.18 Å². The van der Waals surface area contributed by atoms with E-state index in [1.54, 1.807) is 0 Å². The topological polar surface area (TPSA) is 35.6 Å². The average molecular weight is 410 g/mol. The zero-order chi connectivity index (χ0) is 20.8. The normalized spacial score (nSPS) is 18.6. The first-order valence-corrected chi connectivity index (χ1v) is 11.2. The molecule has 0 radical (unpaired) electrons. The minimum absolute atomic E-state index is 0.0870. The number of amides is 1. The fraction of sp³-hybridized carbons (Fsp3) is 0.480. The fourth-order valence-corrected chi connectivity index (χ4v) is 4.50. The van der Waals surface area contributed by atoms with Crippen LogP contribution in [0, 0.1) is 11.7 Å². The first-order chi connectivity index (χ1) is 14.7. The molecule has 30 heavy (non-hydrogen) atoms. The maximum atomic E-state index is 13.0. The van der Waals surface area contributed by atoms with Crippen molar-refractivity contribution in [1.29, 1.82) is 0 Å². The van der Waals surface area contributed by atoms with Crippen LogP contribution in [0.4, 0.5) is 4.39 Å². The summed E-state index contributed by atoms with van der Waals surface area (Å²) in [7, 11) is 0. The second-order valence-corrected chi connectivity index (χ2v) is 8.69. The minimum atomic E-state index is -0.199. The quantitative estimate of drug-likeness (QED) is 0.752. The lowest BCUT2D eigenvalue weighted by atomic mass is 9.95. The molecule has 0 unspecified atom stereocenters. The number of halogens is 1. The molecule has 4 nitrogen and oxygen atoms in total. The monoisotopic (exact) mass is 409 g/mol. The molecule has 0 aromatic heterocycles. The molecule has 2 aliphatic heterocycles. The Labute approximate surface area is 179 Å². The van der Waals surface area contributed by atoms with Crippen molar-refractivity contribution in [3.63, 3.8) is 0 Å². The lowest BCUT2D eigenvalue weighted by Crippen LogP contribution is -2.40. The fourth-order valence-electron chi connectivity index (χ4n) is 4.50. The number of nitrogens with one attached hydrogen (secondary N) is 1. The molecule has 0 aliphatic carbocycles. The number of rotatable bonds is 7. The third-order valence-corrected chi connectivity index (χ3v) is 6.37. The molecule has 0 atom stereocenters. The van der Waals surface area contributed by atoms with Gasteiger partial charge in [0, 0.05) is 25.6 Å². The van der Waals surface area contributed by atoms with Gasteiger partial charge in [0.1, 0.15) is 5.82 Å². The van der Waals surface area contributed by atoms with Crippen LogP contribution in [0.1, 0.15) is 42.4 Å². The van der Waals surface area contributed by atoms with Crippen molar-refractivity contribution in [2.75, 3.05) is 26.2 Å². The van der Waals surface area contributed by atoms with Crippen LogP contribution in [-0.2, 0) is 24.4 Å². The molecule has 1 amide bonds. The molecule has 160 valence electrons. The van der Waals surface area contributed by atoms with E-state index in [1.165, 1.54) is 43.6 Å². The maximum Gasteiger partial charge on any atom is 0.223 e. The molecule has 4 rings (SSSR count). The molecule has 2 aliphatic rings. The van der Waals surface area contributed by atoms with Gasteiger partial charge in [-0.05, 0) is 80.7 Å². The van der Waals surface area contributed by atoms with Gasteiger partial charge >= 0.3 is 0 Å². The number of hydrogen-bond acceptors (Lipinski definition) is 3. The SMILES string of the molecule is O=C(NCc1ccc(CN2CCCC2)cc1)C1CCN(Cc2ccc(F)cc2)CC1. The molecule has 0 saturated carbocycles. The Bertz CT molecular complexity index is 807. The van der Waals surface area contributed by atoms with Crippen LogP contribution in [0.5, 0.6) is 0 Å². The third kappa shape index (κ3) is 5.89. The van der Waals surface area contributed by atoms with Crippen molar-refractivity contribution >= 4 is 5.91 Å². The van der Waals surface area contributed by atoms with Crippen molar-refractivity contribution in [3.05, 3.63) is 71.0 Å². The number of carbonyl (C=O) groups excluding carboxylic acids is 1. The highest BCUT2D eigenvalue weighted by atomic mass is 19.1. The Morgan fingerprint density at radius 1 is 0.800 bits per heavy atom. The van der Waals surface area contributed by atoms with Gasteiger partial charge in [-0.2, -0.15) is 0 Å². The Balaban J connectivity index is 1.18. The lowest BCUT2D eigenvalue weighted by molar-refractivity contribution is -0.126. The molecule has 2 aromatic rings. The summed E-state index contributed by atoms with van der Waals surface area (Å²) in [4.78, 5) is 17.4. The number of hydrogen-bond donors (Lipinski definition) is 1. The summed E-state index contributed by atoms with van der Waals surface area (Å²) >= 11 is 0. The van der Waals surface area contributed by atoms with E-state index in [4.69, 9.17) is 0 Å². The van der Waals surface area contributed by atoms with Gasteiger partial charge in [-0.15, -0.1) is 0 Å². The Hall–Kier alpha value is -2.24. The highest BCUT2D eigenvalue weighted by Gasteiger charge is 2.24. The van der Waals surface area contributed by atoms with E-state index in [2.05, 4.69) is 39.4 Å². The van der Waals surface area contributed by atoms with Gasteiger partial charge in [0.25, 0.3) is 0 Å². The summed E-state index contributed by atoms with van der Waals surface area (Å²) in [5, 5.41) is 3.12. The summed E-state index contributed by atoms with van der Waals surface area (Å²) in [5.41, 5.74) is 3.62. The van der Waals surface area contributed by atoms with Gasteiger partial charge < -0.3 is 5.32 Å². The zero-order valence-corrected chi connectivity index (χ0v) is 17.7. The second kappa shape index (κ2) is 10.2. The smallest absolute Gasteiger partial charge is 0.223 e. The maximum absolute atomic E-state index is 13.0. The Morgan fingerprint density at radius 3 is 1.90 bits per heavy atom. The second-order valence-electron chi connectivity index (χ2n) is 8.69. The van der Waals surface area contributed by atoms with E-state index in [0.717, 1.165) is 50.1 Å². The van der Waals surface area contributed by atoms with Crippen LogP contribution in [0.3, 0.4) is 0 Å². The van der Waals surface area contributed by atoms with Crippen LogP contribution in [0.25, 0.3) is 0 Å². The number of piperidine rings is 1. The first kappa shape index (κ1) is 21.0. The van der Waals surface area contributed by atoms with Crippen molar-refractivity contribution in [3.8, 4) is 0 Å². The molecule has 1 N–H and O–H groups in total. The van der Waals surface area contributed by atoms with Gasteiger partial charge in [-0.25, -0.2) is 4.39 Å². The average Bonchev–Trinajstić information content (AvgIpc) is 3.28. The van der Waals surface area contributed by atoms with Gasteiger partial charge in [0.2, 0.25) is 5.91 Å². The predicted molar refractivity (Wildman–Crippen MR) is 117 cm³/mol. The molecule has 0 bridgehead atoms. The van der Waals surface area contributed by atoms with E-state index in [0.29, 0.717) is 6.54 Å². The highest BCUT2D eigenvalue weighted by molar-refractivity contribution is 5.78. The third-order valence-electron chi connectivity index (χ3n) is 6.37. The molecule has 5 heteroatoms. The largest absolute Gasteiger partial charge is 0.352 e. The van der Waals surface area contributed by atoms with Crippen LogP contribution in [-0.4, -0.2) is 41.9 Å². The number of nitrogens with zero attached hydrogens (tertiary/aromatic N) is 2. The van der Waals surface area contributed by atoms with E-state index >= 15 is 0 Å². The predicted octanol–water partition coefficient (Wildman–Crippen LogP) is 3.95.